The Balaban J connectivity index is 1.81. The van der Waals surface area contributed by atoms with Gasteiger partial charge < -0.3 is 19.1 Å². The van der Waals surface area contributed by atoms with E-state index in [-0.39, 0.29) is 12.0 Å². The van der Waals surface area contributed by atoms with Gasteiger partial charge in [0.1, 0.15) is 11.6 Å². The number of carbonyl (C=O) groups excluding carboxylic acids is 2. The minimum Gasteiger partial charge on any atom is -0.450 e. The number of hydrogen-bond acceptors (Lipinski definition) is 6. The van der Waals surface area contributed by atoms with Gasteiger partial charge in [0.15, 0.2) is 11.5 Å². The van der Waals surface area contributed by atoms with Crippen LogP contribution < -0.4 is 4.90 Å². The highest BCUT2D eigenvalue weighted by Gasteiger charge is 2.35. The second-order valence-electron chi connectivity index (χ2n) is 8.34. The van der Waals surface area contributed by atoms with Gasteiger partial charge in [0.25, 0.3) is 5.91 Å². The average Bonchev–Trinajstić information content (AvgIpc) is 3.08. The lowest BCUT2D eigenvalue weighted by Gasteiger charge is -2.34. The van der Waals surface area contributed by atoms with Crippen molar-refractivity contribution in [1.82, 2.24) is 24.3 Å². The van der Waals surface area contributed by atoms with Gasteiger partial charge in [-0.3, -0.25) is 14.6 Å². The van der Waals surface area contributed by atoms with Gasteiger partial charge in [-0.15, -0.1) is 0 Å². The maximum Gasteiger partial charge on any atom is 0.409 e. The Morgan fingerprint density at radius 1 is 1.17 bits per heavy atom. The van der Waals surface area contributed by atoms with Gasteiger partial charge in [-0.05, 0) is 19.3 Å². The van der Waals surface area contributed by atoms with E-state index in [1.54, 1.807) is 16.8 Å². The van der Waals surface area contributed by atoms with Gasteiger partial charge >= 0.3 is 6.09 Å². The molecule has 3 rings (SSSR count). The average molecular weight is 419 g/mol. The van der Waals surface area contributed by atoms with Crippen LogP contribution in [0.1, 0.15) is 43.5 Å². The van der Waals surface area contributed by atoms with Crippen LogP contribution in [-0.2, 0) is 17.8 Å². The van der Waals surface area contributed by atoms with Crippen LogP contribution in [0.25, 0.3) is 0 Å². The molecule has 2 aliphatic heterocycles. The molecule has 1 saturated heterocycles. The molecular weight excluding hydrogens is 384 g/mol. The fraction of sp³-hybridized carbons (Fsp3) is 0.667. The number of fused-ring (bicyclic) bond motifs is 1. The lowest BCUT2D eigenvalue weighted by atomic mass is 10.1. The van der Waals surface area contributed by atoms with Crippen molar-refractivity contribution in [2.45, 2.75) is 40.3 Å². The molecule has 9 nitrogen and oxygen atoms in total. The quantitative estimate of drug-likeness (QED) is 0.705. The molecule has 3 heterocycles. The molecule has 30 heavy (non-hydrogen) atoms. The number of aromatic nitrogens is 2. The molecule has 0 aliphatic carbocycles. The van der Waals surface area contributed by atoms with Crippen LogP contribution in [0.2, 0.25) is 0 Å². The van der Waals surface area contributed by atoms with Crippen molar-refractivity contribution in [2.75, 3.05) is 51.8 Å². The number of hydrogen-bond donors (Lipinski definition) is 0. The summed E-state index contributed by atoms with van der Waals surface area (Å²) in [4.78, 5) is 37.3. The highest BCUT2D eigenvalue weighted by atomic mass is 16.6. The Morgan fingerprint density at radius 2 is 1.83 bits per heavy atom. The molecule has 1 fully saturated rings. The van der Waals surface area contributed by atoms with Gasteiger partial charge in [-0.2, -0.15) is 0 Å². The maximum atomic E-state index is 13.0. The van der Waals surface area contributed by atoms with Gasteiger partial charge in [-0.1, -0.05) is 20.4 Å². The molecule has 0 unspecified atom stereocenters. The second kappa shape index (κ2) is 9.07. The minimum absolute atomic E-state index is 0.0669. The molecule has 0 saturated carbocycles. The molecule has 2 amide bonds. The molecule has 0 N–H and O–H groups in total. The van der Waals surface area contributed by atoms with E-state index in [0.29, 0.717) is 49.5 Å². The first-order valence-electron chi connectivity index (χ1n) is 10.7. The predicted molar refractivity (Wildman–Crippen MR) is 115 cm³/mol. The van der Waals surface area contributed by atoms with Crippen LogP contribution in [-0.4, -0.2) is 83.1 Å². The summed E-state index contributed by atoms with van der Waals surface area (Å²) in [6, 6.07) is 0. The van der Waals surface area contributed by atoms with Crippen LogP contribution in [0, 0.1) is 5.92 Å². The monoisotopic (exact) mass is 418 g/mol. The number of imidazole rings is 1. The molecular formula is C21H34N6O3. The van der Waals surface area contributed by atoms with Gasteiger partial charge in [-0.25, -0.2) is 9.78 Å². The number of carbonyl (C=O) groups is 2. The normalized spacial score (nSPS) is 17.7. The summed E-state index contributed by atoms with van der Waals surface area (Å²) in [5.41, 5.74) is 0.633. The SMILES string of the molecule is C=C1N(C)C(=O)c2c(nc(CN3CCN(C(=O)OCC)CC3)n2CCC(C)C)N1C. The minimum atomic E-state index is -0.250. The summed E-state index contributed by atoms with van der Waals surface area (Å²) < 4.78 is 7.18. The molecule has 2 aliphatic rings. The number of piperazine rings is 1. The highest BCUT2D eigenvalue weighted by Crippen LogP contribution is 2.31. The molecule has 0 atom stereocenters. The zero-order valence-corrected chi connectivity index (χ0v) is 18.8. The van der Waals surface area contributed by atoms with Gasteiger partial charge in [0, 0.05) is 46.8 Å². The van der Waals surface area contributed by atoms with E-state index in [0.717, 1.165) is 31.9 Å². The molecule has 0 spiro atoms. The first-order chi connectivity index (χ1) is 14.2. The van der Waals surface area contributed by atoms with Crippen molar-refractivity contribution < 1.29 is 14.3 Å². The Bertz CT molecular complexity index is 810. The van der Waals surface area contributed by atoms with E-state index in [4.69, 9.17) is 9.72 Å². The number of amides is 2. The summed E-state index contributed by atoms with van der Waals surface area (Å²) in [6.07, 6.45) is 0.716. The van der Waals surface area contributed by atoms with Crippen LogP contribution in [0.4, 0.5) is 10.6 Å². The smallest absolute Gasteiger partial charge is 0.409 e. The third kappa shape index (κ3) is 4.30. The molecule has 166 valence electrons. The van der Waals surface area contributed by atoms with E-state index in [2.05, 4.69) is 29.9 Å². The standard InChI is InChI=1S/C21H34N6O3/c1-7-30-21(29)26-12-10-25(11-13-26)14-17-22-19-18(27(17)9-8-15(2)3)20(28)24(6)16(4)23(19)5/h15H,4,7-14H2,1-3,5-6H3. The highest BCUT2D eigenvalue weighted by molar-refractivity contribution is 6.01. The Labute approximate surface area is 178 Å². The zero-order chi connectivity index (χ0) is 22.0. The van der Waals surface area contributed by atoms with Crippen molar-refractivity contribution in [3.63, 3.8) is 0 Å². The third-order valence-electron chi connectivity index (χ3n) is 5.82. The van der Waals surface area contributed by atoms with E-state index in [1.165, 1.54) is 0 Å². The van der Waals surface area contributed by atoms with Gasteiger partial charge in [0.05, 0.1) is 13.2 Å². The second-order valence-corrected chi connectivity index (χ2v) is 8.34. The van der Waals surface area contributed by atoms with Crippen LogP contribution >= 0.6 is 0 Å². The largest absolute Gasteiger partial charge is 0.450 e. The summed E-state index contributed by atoms with van der Waals surface area (Å²) in [6.45, 7) is 14.7. The topological polar surface area (TPSA) is 74.1 Å². The lowest BCUT2D eigenvalue weighted by molar-refractivity contribution is 0.0762. The molecule has 1 aromatic heterocycles. The molecule has 0 aromatic carbocycles. The van der Waals surface area contributed by atoms with E-state index >= 15 is 0 Å². The van der Waals surface area contributed by atoms with Crippen LogP contribution in [0.3, 0.4) is 0 Å². The van der Waals surface area contributed by atoms with E-state index in [1.807, 2.05) is 18.9 Å². The van der Waals surface area contributed by atoms with E-state index < -0.39 is 0 Å². The molecule has 0 radical (unpaired) electrons. The fourth-order valence-corrected chi connectivity index (χ4v) is 3.81. The molecule has 9 heteroatoms. The van der Waals surface area contributed by atoms with Crippen LogP contribution in [0.5, 0.6) is 0 Å². The van der Waals surface area contributed by atoms with Crippen molar-refractivity contribution >= 4 is 17.8 Å². The van der Waals surface area contributed by atoms with Crippen molar-refractivity contribution in [2.24, 2.45) is 5.92 Å². The maximum absolute atomic E-state index is 13.0. The number of nitrogens with zero attached hydrogens (tertiary/aromatic N) is 6. The van der Waals surface area contributed by atoms with Crippen molar-refractivity contribution in [1.29, 1.82) is 0 Å². The van der Waals surface area contributed by atoms with E-state index in [9.17, 15) is 9.59 Å². The fourth-order valence-electron chi connectivity index (χ4n) is 3.81. The Morgan fingerprint density at radius 3 is 2.43 bits per heavy atom. The van der Waals surface area contributed by atoms with Crippen molar-refractivity contribution in [3.8, 4) is 0 Å². The molecule has 1 aromatic rings. The third-order valence-corrected chi connectivity index (χ3v) is 5.82. The summed E-state index contributed by atoms with van der Waals surface area (Å²) in [5.74, 6) is 2.63. The zero-order valence-electron chi connectivity index (χ0n) is 18.8. The first-order valence-corrected chi connectivity index (χ1v) is 10.7. The van der Waals surface area contributed by atoms with Crippen molar-refractivity contribution in [3.05, 3.63) is 23.9 Å². The summed E-state index contributed by atoms with van der Waals surface area (Å²) in [7, 11) is 3.64. The summed E-state index contributed by atoms with van der Waals surface area (Å²) >= 11 is 0. The van der Waals surface area contributed by atoms with Crippen LogP contribution in [0.15, 0.2) is 12.4 Å². The number of anilines is 1. The number of rotatable bonds is 6. The summed E-state index contributed by atoms with van der Waals surface area (Å²) in [5, 5.41) is 0. The first kappa shape index (κ1) is 22.1. The Kier molecular flexibility index (Phi) is 6.70. The van der Waals surface area contributed by atoms with Gasteiger partial charge in [0.2, 0.25) is 0 Å². The molecule has 0 bridgehead atoms. The number of ether oxygens (including phenoxy) is 1. The predicted octanol–water partition coefficient (Wildman–Crippen LogP) is 2.20. The lowest BCUT2D eigenvalue weighted by Crippen LogP contribution is -2.48. The Hall–Kier alpha value is -2.55.